The maximum atomic E-state index is 13.9. The van der Waals surface area contributed by atoms with Crippen molar-refractivity contribution >= 4 is 34.7 Å². The lowest BCUT2D eigenvalue weighted by molar-refractivity contribution is -0.116. The molecule has 0 aliphatic carbocycles. The Morgan fingerprint density at radius 2 is 1.66 bits per heavy atom. The van der Waals surface area contributed by atoms with Gasteiger partial charge in [-0.3, -0.25) is 14.5 Å². The highest BCUT2D eigenvalue weighted by molar-refractivity contribution is 6.31. The number of piperidine rings is 1. The molecule has 2 aliphatic heterocycles. The summed E-state index contributed by atoms with van der Waals surface area (Å²) in [6.45, 7) is 4.60. The SMILES string of the molecule is COc1cccc(OC)c1C1CCN(C(=O)c2cn(C(C=O)N3CCN(C)CC3)c3cc(Cl)ccc23)CC1. The average molecular weight is 539 g/mol. The first-order valence-electron chi connectivity index (χ1n) is 13.1. The van der Waals surface area contributed by atoms with Gasteiger partial charge in [-0.15, -0.1) is 0 Å². The summed E-state index contributed by atoms with van der Waals surface area (Å²) in [7, 11) is 5.43. The van der Waals surface area contributed by atoms with E-state index in [1.54, 1.807) is 20.3 Å². The van der Waals surface area contributed by atoms with Crippen LogP contribution in [-0.2, 0) is 4.79 Å². The van der Waals surface area contributed by atoms with Gasteiger partial charge in [0.15, 0.2) is 6.29 Å². The number of methoxy groups -OCH3 is 2. The van der Waals surface area contributed by atoms with E-state index >= 15 is 0 Å². The molecule has 1 atom stereocenters. The highest BCUT2D eigenvalue weighted by Crippen LogP contribution is 2.41. The van der Waals surface area contributed by atoms with E-state index in [1.807, 2.05) is 46.0 Å². The van der Waals surface area contributed by atoms with Crippen molar-refractivity contribution in [1.29, 1.82) is 0 Å². The zero-order valence-electron chi connectivity index (χ0n) is 22.2. The van der Waals surface area contributed by atoms with Crippen LogP contribution in [0.2, 0.25) is 5.02 Å². The van der Waals surface area contributed by atoms with Gasteiger partial charge in [0.1, 0.15) is 17.7 Å². The van der Waals surface area contributed by atoms with Gasteiger partial charge in [0, 0.05) is 61.4 Å². The lowest BCUT2D eigenvalue weighted by Crippen LogP contribution is -2.47. The summed E-state index contributed by atoms with van der Waals surface area (Å²) < 4.78 is 13.2. The van der Waals surface area contributed by atoms with Crippen LogP contribution < -0.4 is 9.47 Å². The molecule has 2 aromatic carbocycles. The Morgan fingerprint density at radius 1 is 1.00 bits per heavy atom. The number of likely N-dealkylation sites (N-methyl/N-ethyl adjacent to an activating group) is 1. The molecule has 2 saturated heterocycles. The molecule has 8 nitrogen and oxygen atoms in total. The number of rotatable bonds is 7. The summed E-state index contributed by atoms with van der Waals surface area (Å²) in [5, 5.41) is 1.39. The third-order valence-corrected chi connectivity index (χ3v) is 8.24. The molecule has 1 amide bonds. The molecule has 3 heterocycles. The van der Waals surface area contributed by atoms with E-state index in [9.17, 15) is 9.59 Å². The third kappa shape index (κ3) is 5.00. The van der Waals surface area contributed by atoms with Gasteiger partial charge in [0.05, 0.1) is 25.3 Å². The Balaban J connectivity index is 1.40. The molecule has 1 unspecified atom stereocenters. The number of amides is 1. The summed E-state index contributed by atoms with van der Waals surface area (Å²) in [5.41, 5.74) is 2.47. The first-order valence-corrected chi connectivity index (χ1v) is 13.5. The minimum Gasteiger partial charge on any atom is -0.496 e. The van der Waals surface area contributed by atoms with Crippen LogP contribution >= 0.6 is 11.6 Å². The molecule has 0 N–H and O–H groups in total. The topological polar surface area (TPSA) is 67.2 Å². The van der Waals surface area contributed by atoms with Crippen LogP contribution in [0.4, 0.5) is 0 Å². The summed E-state index contributed by atoms with van der Waals surface area (Å²) in [5.74, 6) is 1.85. The molecular formula is C29H35ClN4O4. The largest absolute Gasteiger partial charge is 0.496 e. The first-order chi connectivity index (χ1) is 18.4. The van der Waals surface area contributed by atoms with E-state index in [2.05, 4.69) is 16.8 Å². The number of carbonyl (C=O) groups excluding carboxylic acids is 2. The van der Waals surface area contributed by atoms with Gasteiger partial charge >= 0.3 is 0 Å². The van der Waals surface area contributed by atoms with Gasteiger partial charge in [0.25, 0.3) is 5.91 Å². The van der Waals surface area contributed by atoms with Crippen molar-refractivity contribution < 1.29 is 19.1 Å². The quantitative estimate of drug-likeness (QED) is 0.418. The third-order valence-electron chi connectivity index (χ3n) is 8.00. The van der Waals surface area contributed by atoms with Gasteiger partial charge in [0.2, 0.25) is 0 Å². The number of piperazine rings is 1. The molecule has 0 radical (unpaired) electrons. The molecule has 0 bridgehead atoms. The van der Waals surface area contributed by atoms with Gasteiger partial charge in [-0.1, -0.05) is 23.7 Å². The van der Waals surface area contributed by atoms with E-state index in [-0.39, 0.29) is 11.8 Å². The predicted molar refractivity (Wildman–Crippen MR) is 149 cm³/mol. The van der Waals surface area contributed by atoms with Crippen LogP contribution in [-0.4, -0.2) is 92.0 Å². The number of halogens is 1. The van der Waals surface area contributed by atoms with E-state index in [4.69, 9.17) is 21.1 Å². The number of aldehydes is 1. The number of nitrogens with zero attached hydrogens (tertiary/aromatic N) is 4. The van der Waals surface area contributed by atoms with Gasteiger partial charge in [-0.05, 0) is 50.1 Å². The number of hydrogen-bond donors (Lipinski definition) is 0. The zero-order valence-corrected chi connectivity index (χ0v) is 23.0. The first kappa shape index (κ1) is 26.5. The summed E-state index contributed by atoms with van der Waals surface area (Å²) >= 11 is 6.37. The second-order valence-corrected chi connectivity index (χ2v) is 10.6. The van der Waals surface area contributed by atoms with Crippen molar-refractivity contribution in [2.45, 2.75) is 24.9 Å². The average Bonchev–Trinajstić information content (AvgIpc) is 3.31. The number of ether oxygens (including phenoxy) is 2. The standard InChI is InChI=1S/C29H35ClN4O4/c1-31-13-15-32(16-14-31)27(19-35)34-18-23(22-8-7-21(30)17-24(22)34)29(36)33-11-9-20(10-12-33)28-25(37-2)5-4-6-26(28)38-3/h4-8,17-20,27H,9-16H2,1-3H3. The molecule has 2 aliphatic rings. The molecule has 38 heavy (non-hydrogen) atoms. The number of fused-ring (bicyclic) bond motifs is 1. The molecule has 3 aromatic rings. The normalized spacial score (nSPS) is 18.5. The summed E-state index contributed by atoms with van der Waals surface area (Å²) in [6.07, 6.45) is 3.94. The summed E-state index contributed by atoms with van der Waals surface area (Å²) in [4.78, 5) is 32.5. The molecule has 202 valence electrons. The lowest BCUT2D eigenvalue weighted by Gasteiger charge is -2.36. The molecule has 5 rings (SSSR count). The van der Waals surface area contributed by atoms with E-state index in [0.29, 0.717) is 23.7 Å². The van der Waals surface area contributed by atoms with Crippen molar-refractivity contribution in [2.75, 3.05) is 60.5 Å². The number of aromatic nitrogens is 1. The minimum atomic E-state index is -0.491. The summed E-state index contributed by atoms with van der Waals surface area (Å²) in [6, 6.07) is 11.4. The van der Waals surface area contributed by atoms with Gasteiger partial charge in [-0.25, -0.2) is 0 Å². The fourth-order valence-corrected chi connectivity index (χ4v) is 6.02. The highest BCUT2D eigenvalue weighted by atomic mass is 35.5. The van der Waals surface area contributed by atoms with Gasteiger partial charge < -0.3 is 23.8 Å². The van der Waals surface area contributed by atoms with Crippen molar-refractivity contribution in [2.24, 2.45) is 0 Å². The minimum absolute atomic E-state index is 0.0236. The van der Waals surface area contributed by atoms with Crippen LogP contribution in [0.25, 0.3) is 10.9 Å². The number of benzene rings is 2. The fraction of sp³-hybridized carbons (Fsp3) is 0.448. The highest BCUT2D eigenvalue weighted by Gasteiger charge is 2.31. The van der Waals surface area contributed by atoms with Crippen LogP contribution in [0.1, 0.15) is 40.8 Å². The maximum Gasteiger partial charge on any atom is 0.256 e. The van der Waals surface area contributed by atoms with Gasteiger partial charge in [-0.2, -0.15) is 0 Å². The second-order valence-electron chi connectivity index (χ2n) is 10.1. The van der Waals surface area contributed by atoms with Crippen LogP contribution in [0.15, 0.2) is 42.6 Å². The Labute approximate surface area is 228 Å². The molecule has 1 aromatic heterocycles. The fourth-order valence-electron chi connectivity index (χ4n) is 5.85. The van der Waals surface area contributed by atoms with Crippen LogP contribution in [0.5, 0.6) is 11.5 Å². The molecule has 9 heteroatoms. The Bertz CT molecular complexity index is 1290. The Hall–Kier alpha value is -3.07. The van der Waals surface area contributed by atoms with Crippen molar-refractivity contribution in [3.8, 4) is 11.5 Å². The smallest absolute Gasteiger partial charge is 0.256 e. The zero-order chi connectivity index (χ0) is 26.8. The van der Waals surface area contributed by atoms with Crippen molar-refractivity contribution in [1.82, 2.24) is 19.3 Å². The lowest BCUT2D eigenvalue weighted by atomic mass is 9.88. The molecule has 2 fully saturated rings. The number of carbonyl (C=O) groups is 2. The van der Waals surface area contributed by atoms with E-state index < -0.39 is 6.17 Å². The van der Waals surface area contributed by atoms with Crippen molar-refractivity contribution in [3.05, 3.63) is 58.7 Å². The number of likely N-dealkylation sites (tertiary alicyclic amines) is 1. The van der Waals surface area contributed by atoms with Crippen LogP contribution in [0, 0.1) is 0 Å². The second kappa shape index (κ2) is 11.4. The molecule has 0 saturated carbocycles. The number of hydrogen-bond acceptors (Lipinski definition) is 6. The predicted octanol–water partition coefficient (Wildman–Crippen LogP) is 4.28. The monoisotopic (exact) mass is 538 g/mol. The Morgan fingerprint density at radius 3 is 2.26 bits per heavy atom. The van der Waals surface area contributed by atoms with Crippen molar-refractivity contribution in [3.63, 3.8) is 0 Å². The molecule has 0 spiro atoms. The maximum absolute atomic E-state index is 13.9. The Kier molecular flexibility index (Phi) is 7.93. The molecular weight excluding hydrogens is 504 g/mol. The van der Waals surface area contributed by atoms with Crippen LogP contribution in [0.3, 0.4) is 0 Å². The van der Waals surface area contributed by atoms with E-state index in [1.165, 1.54) is 0 Å². The van der Waals surface area contributed by atoms with E-state index in [0.717, 1.165) is 73.3 Å².